The minimum atomic E-state index is -2.93. The van der Waals surface area contributed by atoms with E-state index in [1.165, 1.54) is 6.26 Å². The van der Waals surface area contributed by atoms with Crippen LogP contribution in [0.1, 0.15) is 40.5 Å². The van der Waals surface area contributed by atoms with Crippen molar-refractivity contribution in [2.45, 2.75) is 57.0 Å². The van der Waals surface area contributed by atoms with E-state index in [9.17, 15) is 8.42 Å². The second-order valence-corrected chi connectivity index (χ2v) is 10.5. The van der Waals surface area contributed by atoms with Crippen molar-refractivity contribution in [3.8, 4) is 0 Å². The van der Waals surface area contributed by atoms with Crippen molar-refractivity contribution >= 4 is 28.1 Å². The van der Waals surface area contributed by atoms with E-state index in [-0.39, 0.29) is 23.6 Å². The maximum Gasteiger partial charge on any atom is 0.494 e. The molecule has 5 nitrogen and oxygen atoms in total. The Balaban J connectivity index is 1.66. The minimum absolute atomic E-state index is 0.201. The van der Waals surface area contributed by atoms with Gasteiger partial charge in [0.15, 0.2) is 0 Å². The van der Waals surface area contributed by atoms with Crippen LogP contribution in [-0.2, 0) is 19.1 Å². The lowest BCUT2D eigenvalue weighted by Crippen LogP contribution is -2.41. The Morgan fingerprint density at radius 3 is 1.92 bits per heavy atom. The third kappa shape index (κ3) is 3.73. The monoisotopic (exact) mass is 365 g/mol. The summed E-state index contributed by atoms with van der Waals surface area (Å²) in [6, 6.07) is 8.22. The van der Waals surface area contributed by atoms with Crippen molar-refractivity contribution in [1.29, 1.82) is 0 Å². The van der Waals surface area contributed by atoms with Crippen LogP contribution < -0.4 is 10.4 Å². The van der Waals surface area contributed by atoms with Gasteiger partial charge in [0.25, 0.3) is 0 Å². The van der Waals surface area contributed by atoms with Gasteiger partial charge < -0.3 is 14.2 Å². The normalized spacial score (nSPS) is 23.9. The Labute approximate surface area is 151 Å². The molecule has 2 fully saturated rings. The van der Waals surface area contributed by atoms with E-state index in [2.05, 4.69) is 17.0 Å². The lowest BCUT2D eigenvalue weighted by molar-refractivity contribution is 0.00578. The number of anilines is 1. The van der Waals surface area contributed by atoms with Crippen molar-refractivity contribution in [3.63, 3.8) is 0 Å². The van der Waals surface area contributed by atoms with Crippen LogP contribution in [0.3, 0.4) is 0 Å². The molecule has 3 rings (SSSR count). The van der Waals surface area contributed by atoms with Gasteiger partial charge in [0.2, 0.25) is 0 Å². The zero-order valence-electron chi connectivity index (χ0n) is 15.8. The first-order chi connectivity index (χ1) is 11.5. The largest absolute Gasteiger partial charge is 0.494 e. The summed E-state index contributed by atoms with van der Waals surface area (Å²) in [7, 11) is -3.28. The molecule has 2 aliphatic heterocycles. The van der Waals surface area contributed by atoms with Crippen LogP contribution in [-0.4, -0.2) is 51.3 Å². The van der Waals surface area contributed by atoms with E-state index in [0.717, 1.165) is 24.2 Å². The van der Waals surface area contributed by atoms with Crippen molar-refractivity contribution in [2.24, 2.45) is 0 Å². The quantitative estimate of drug-likeness (QED) is 0.767. The molecule has 2 aliphatic rings. The minimum Gasteiger partial charge on any atom is -0.399 e. The fourth-order valence-electron chi connectivity index (χ4n) is 3.36. The Morgan fingerprint density at radius 2 is 1.48 bits per heavy atom. The van der Waals surface area contributed by atoms with Gasteiger partial charge in [-0.3, -0.25) is 0 Å². The highest BCUT2D eigenvalue weighted by molar-refractivity contribution is 7.91. The highest BCUT2D eigenvalue weighted by atomic mass is 32.2. The highest BCUT2D eigenvalue weighted by Gasteiger charge is 2.51. The molecule has 0 spiro atoms. The molecule has 0 N–H and O–H groups in total. The van der Waals surface area contributed by atoms with Crippen LogP contribution in [0, 0.1) is 0 Å². The maximum absolute atomic E-state index is 11.7. The summed E-state index contributed by atoms with van der Waals surface area (Å²) in [6.45, 7) is 9.74. The van der Waals surface area contributed by atoms with Crippen LogP contribution in [0.15, 0.2) is 24.3 Å². The molecule has 138 valence electrons. The fourth-order valence-corrected chi connectivity index (χ4v) is 4.43. The third-order valence-corrected chi connectivity index (χ3v) is 7.51. The predicted molar refractivity (Wildman–Crippen MR) is 102 cm³/mol. The van der Waals surface area contributed by atoms with Crippen molar-refractivity contribution in [3.05, 3.63) is 24.3 Å². The topological polar surface area (TPSA) is 55.8 Å². The number of piperidine rings is 1. The second kappa shape index (κ2) is 6.29. The molecule has 25 heavy (non-hydrogen) atoms. The zero-order chi connectivity index (χ0) is 18.5. The molecule has 7 heteroatoms. The Morgan fingerprint density at radius 1 is 1.00 bits per heavy atom. The summed E-state index contributed by atoms with van der Waals surface area (Å²) in [5, 5.41) is -0.201. The van der Waals surface area contributed by atoms with Crippen LogP contribution in [0.5, 0.6) is 0 Å². The maximum atomic E-state index is 11.7. The molecule has 1 aromatic rings. The molecule has 0 bridgehead atoms. The molecule has 2 heterocycles. The van der Waals surface area contributed by atoms with Crippen molar-refractivity contribution in [2.75, 3.05) is 24.2 Å². The summed E-state index contributed by atoms with van der Waals surface area (Å²) >= 11 is 0. The van der Waals surface area contributed by atoms with Crippen LogP contribution in [0.2, 0.25) is 0 Å². The average Bonchev–Trinajstić information content (AvgIpc) is 2.75. The van der Waals surface area contributed by atoms with Crippen LogP contribution in [0.4, 0.5) is 5.69 Å². The lowest BCUT2D eigenvalue weighted by atomic mass is 9.79. The van der Waals surface area contributed by atoms with E-state index in [1.807, 2.05) is 39.8 Å². The van der Waals surface area contributed by atoms with Crippen molar-refractivity contribution < 1.29 is 17.7 Å². The number of rotatable bonds is 3. The van der Waals surface area contributed by atoms with Crippen LogP contribution >= 0.6 is 0 Å². The standard InChI is InChI=1S/C18H28BNO4S/c1-17(2)18(3,4)24-19(23-17)14-6-8-15(9-7-14)20-12-10-16(11-13-20)25(5,21)22/h6-9,16H,10-13H2,1-5H3. The Bertz CT molecular complexity index is 706. The number of benzene rings is 1. The van der Waals surface area contributed by atoms with E-state index in [1.54, 1.807) is 0 Å². The van der Waals surface area contributed by atoms with E-state index in [0.29, 0.717) is 12.8 Å². The molecule has 0 unspecified atom stereocenters. The third-order valence-electron chi connectivity index (χ3n) is 5.83. The van der Waals surface area contributed by atoms with E-state index < -0.39 is 9.84 Å². The zero-order valence-corrected chi connectivity index (χ0v) is 16.6. The second-order valence-electron chi connectivity index (χ2n) is 8.20. The van der Waals surface area contributed by atoms with Gasteiger partial charge in [0, 0.05) is 25.0 Å². The summed E-state index contributed by atoms with van der Waals surface area (Å²) < 4.78 is 35.5. The van der Waals surface area contributed by atoms with Gasteiger partial charge in [-0.2, -0.15) is 0 Å². The Hall–Kier alpha value is -1.05. The van der Waals surface area contributed by atoms with Crippen LogP contribution in [0.25, 0.3) is 0 Å². The summed E-state index contributed by atoms with van der Waals surface area (Å²) in [4.78, 5) is 2.25. The van der Waals surface area contributed by atoms with Gasteiger partial charge >= 0.3 is 7.12 Å². The summed E-state index contributed by atoms with van der Waals surface area (Å²) in [5.74, 6) is 0. The van der Waals surface area contributed by atoms with Gasteiger partial charge in [0.1, 0.15) is 9.84 Å². The first-order valence-corrected chi connectivity index (χ1v) is 10.8. The van der Waals surface area contributed by atoms with Crippen molar-refractivity contribution in [1.82, 2.24) is 0 Å². The molecule has 0 aliphatic carbocycles. The molecule has 0 radical (unpaired) electrons. The molecular weight excluding hydrogens is 337 g/mol. The number of nitrogens with zero attached hydrogens (tertiary/aromatic N) is 1. The molecule has 2 saturated heterocycles. The first-order valence-electron chi connectivity index (χ1n) is 8.89. The first kappa shape index (κ1) is 18.7. The van der Waals surface area contributed by atoms with Gasteiger partial charge in [0.05, 0.1) is 16.5 Å². The smallest absolute Gasteiger partial charge is 0.399 e. The molecule has 0 amide bonds. The highest BCUT2D eigenvalue weighted by Crippen LogP contribution is 2.36. The van der Waals surface area contributed by atoms with Gasteiger partial charge in [-0.05, 0) is 58.1 Å². The summed E-state index contributed by atoms with van der Waals surface area (Å²) in [5.41, 5.74) is 1.44. The van der Waals surface area contributed by atoms with Gasteiger partial charge in [-0.15, -0.1) is 0 Å². The van der Waals surface area contributed by atoms with E-state index in [4.69, 9.17) is 9.31 Å². The molecule has 0 atom stereocenters. The van der Waals surface area contributed by atoms with Gasteiger partial charge in [-0.25, -0.2) is 8.42 Å². The molecular formula is C18H28BNO4S. The summed E-state index contributed by atoms with van der Waals surface area (Å²) in [6.07, 6.45) is 2.72. The molecule has 0 aromatic heterocycles. The average molecular weight is 365 g/mol. The number of hydrogen-bond acceptors (Lipinski definition) is 5. The Kier molecular flexibility index (Phi) is 4.71. The number of hydrogen-bond donors (Lipinski definition) is 0. The SMILES string of the molecule is CC1(C)OB(c2ccc(N3CCC(S(C)(=O)=O)CC3)cc2)OC1(C)C. The van der Waals surface area contributed by atoms with E-state index >= 15 is 0 Å². The number of sulfone groups is 1. The molecule has 1 aromatic carbocycles. The molecule has 0 saturated carbocycles. The van der Waals surface area contributed by atoms with Gasteiger partial charge in [-0.1, -0.05) is 12.1 Å². The predicted octanol–water partition coefficient (Wildman–Crippen LogP) is 2.00. The fraction of sp³-hybridized carbons (Fsp3) is 0.667. The lowest BCUT2D eigenvalue weighted by Gasteiger charge is -2.32.